The molecule has 5 heteroatoms. The van der Waals surface area contributed by atoms with E-state index < -0.39 is 6.04 Å². The monoisotopic (exact) mass is 293 g/mol. The van der Waals surface area contributed by atoms with E-state index in [4.69, 9.17) is 13.9 Å². The number of rotatable bonds is 7. The molecule has 0 aliphatic rings. The van der Waals surface area contributed by atoms with E-state index in [2.05, 4.69) is 5.32 Å². The predicted octanol–water partition coefficient (Wildman–Crippen LogP) is 3.27. The Bertz CT molecular complexity index is 583. The Morgan fingerprint density at radius 3 is 2.71 bits per heavy atom. The third-order valence-electron chi connectivity index (χ3n) is 3.18. The Balaban J connectivity index is 2.42. The van der Waals surface area contributed by atoms with Crippen LogP contribution in [0.5, 0.6) is 5.75 Å². The lowest BCUT2D eigenvalue weighted by Gasteiger charge is -2.19. The van der Waals surface area contributed by atoms with Crippen LogP contribution in [0.1, 0.15) is 30.0 Å². The lowest BCUT2D eigenvalue weighted by atomic mass is 10.0. The van der Waals surface area contributed by atoms with Gasteiger partial charge in [0.25, 0.3) is 0 Å². The van der Waals surface area contributed by atoms with Crippen molar-refractivity contribution >= 4 is 0 Å². The smallest absolute Gasteiger partial charge is 0.132 e. The highest BCUT2D eigenvalue weighted by atomic mass is 19.1. The van der Waals surface area contributed by atoms with Gasteiger partial charge in [0.2, 0.25) is 0 Å². The molecule has 2 aromatic rings. The van der Waals surface area contributed by atoms with Gasteiger partial charge in [0.1, 0.15) is 29.7 Å². The summed E-state index contributed by atoms with van der Waals surface area (Å²) in [5.74, 6) is 1.49. The van der Waals surface area contributed by atoms with Crippen LogP contribution in [-0.4, -0.2) is 20.8 Å². The number of hydrogen-bond donors (Lipinski definition) is 1. The average molecular weight is 293 g/mol. The molecule has 0 saturated carbocycles. The first-order chi connectivity index (χ1) is 10.2. The first-order valence-corrected chi connectivity index (χ1v) is 6.84. The Morgan fingerprint density at radius 1 is 1.24 bits per heavy atom. The summed E-state index contributed by atoms with van der Waals surface area (Å²) in [5, 5.41) is 3.23. The maximum Gasteiger partial charge on any atom is 0.132 e. The van der Waals surface area contributed by atoms with E-state index in [1.165, 1.54) is 13.2 Å². The fraction of sp³-hybridized carbons (Fsp3) is 0.375. The van der Waals surface area contributed by atoms with Crippen molar-refractivity contribution in [1.82, 2.24) is 5.32 Å². The molecule has 1 aromatic carbocycles. The first kappa shape index (κ1) is 15.5. The van der Waals surface area contributed by atoms with E-state index in [1.54, 1.807) is 19.2 Å². The predicted molar refractivity (Wildman–Crippen MR) is 77.9 cm³/mol. The van der Waals surface area contributed by atoms with Crippen LogP contribution < -0.4 is 10.1 Å². The van der Waals surface area contributed by atoms with E-state index in [1.807, 2.05) is 19.1 Å². The van der Waals surface area contributed by atoms with Crippen molar-refractivity contribution in [2.75, 3.05) is 20.8 Å². The van der Waals surface area contributed by atoms with Crippen LogP contribution in [0.2, 0.25) is 0 Å². The second kappa shape index (κ2) is 7.24. The molecule has 0 amide bonds. The molecule has 1 N–H and O–H groups in total. The van der Waals surface area contributed by atoms with Gasteiger partial charge in [-0.1, -0.05) is 13.0 Å². The molecule has 1 unspecified atom stereocenters. The molecule has 21 heavy (non-hydrogen) atoms. The van der Waals surface area contributed by atoms with Crippen molar-refractivity contribution in [3.8, 4) is 5.75 Å². The standard InChI is InChI=1S/C16H20FNO3/c1-4-18-16(14-9-8-11(21-14)10-19-2)15-12(17)6-5-7-13(15)20-3/h5-9,16,18H,4,10H2,1-3H3. The quantitative estimate of drug-likeness (QED) is 0.851. The van der Waals surface area contributed by atoms with Crippen molar-refractivity contribution in [1.29, 1.82) is 0 Å². The van der Waals surface area contributed by atoms with Crippen molar-refractivity contribution in [2.45, 2.75) is 19.6 Å². The third-order valence-corrected chi connectivity index (χ3v) is 3.18. The minimum Gasteiger partial charge on any atom is -0.496 e. The molecular formula is C16H20FNO3. The average Bonchev–Trinajstić information content (AvgIpc) is 2.94. The summed E-state index contributed by atoms with van der Waals surface area (Å²) >= 11 is 0. The molecule has 1 aromatic heterocycles. The van der Waals surface area contributed by atoms with Crippen LogP contribution in [-0.2, 0) is 11.3 Å². The number of ether oxygens (including phenoxy) is 2. The number of methoxy groups -OCH3 is 2. The zero-order valence-electron chi connectivity index (χ0n) is 12.5. The van der Waals surface area contributed by atoms with E-state index in [-0.39, 0.29) is 5.82 Å². The molecule has 0 aliphatic heterocycles. The maximum atomic E-state index is 14.3. The Hall–Kier alpha value is -1.85. The Morgan fingerprint density at radius 2 is 2.05 bits per heavy atom. The summed E-state index contributed by atoms with van der Waals surface area (Å²) in [6, 6.07) is 8.03. The molecule has 0 radical (unpaired) electrons. The molecule has 1 heterocycles. The van der Waals surface area contributed by atoms with E-state index in [0.29, 0.717) is 36.0 Å². The normalized spacial score (nSPS) is 12.4. The molecule has 1 atom stereocenters. The van der Waals surface area contributed by atoms with Gasteiger partial charge >= 0.3 is 0 Å². The summed E-state index contributed by atoms with van der Waals surface area (Å²) in [5.41, 5.74) is 0.445. The van der Waals surface area contributed by atoms with Gasteiger partial charge in [-0.2, -0.15) is 0 Å². The highest BCUT2D eigenvalue weighted by molar-refractivity contribution is 5.40. The van der Waals surface area contributed by atoms with Gasteiger partial charge in [0, 0.05) is 7.11 Å². The van der Waals surface area contributed by atoms with Gasteiger partial charge in [0.05, 0.1) is 18.7 Å². The molecule has 0 aliphatic carbocycles. The van der Waals surface area contributed by atoms with Crippen LogP contribution in [0.3, 0.4) is 0 Å². The Labute approximate surface area is 123 Å². The molecule has 114 valence electrons. The lowest BCUT2D eigenvalue weighted by molar-refractivity contribution is 0.162. The second-order valence-corrected chi connectivity index (χ2v) is 4.58. The van der Waals surface area contributed by atoms with E-state index >= 15 is 0 Å². The number of furan rings is 1. The van der Waals surface area contributed by atoms with Gasteiger partial charge in [0.15, 0.2) is 0 Å². The molecule has 0 fully saturated rings. The number of hydrogen-bond acceptors (Lipinski definition) is 4. The van der Waals surface area contributed by atoms with Crippen molar-refractivity contribution in [2.24, 2.45) is 0 Å². The van der Waals surface area contributed by atoms with Gasteiger partial charge in [-0.05, 0) is 30.8 Å². The van der Waals surface area contributed by atoms with Crippen LogP contribution in [0.25, 0.3) is 0 Å². The summed E-state index contributed by atoms with van der Waals surface area (Å²) < 4.78 is 30.3. The third kappa shape index (κ3) is 3.43. The van der Waals surface area contributed by atoms with Gasteiger partial charge < -0.3 is 19.2 Å². The summed E-state index contributed by atoms with van der Waals surface area (Å²) in [7, 11) is 3.13. The highest BCUT2D eigenvalue weighted by Crippen LogP contribution is 2.33. The van der Waals surface area contributed by atoms with Crippen LogP contribution in [0.15, 0.2) is 34.7 Å². The zero-order chi connectivity index (χ0) is 15.2. The van der Waals surface area contributed by atoms with Gasteiger partial charge in [-0.15, -0.1) is 0 Å². The van der Waals surface area contributed by atoms with Gasteiger partial charge in [-0.3, -0.25) is 0 Å². The number of nitrogens with one attached hydrogen (secondary N) is 1. The molecule has 0 bridgehead atoms. The van der Waals surface area contributed by atoms with E-state index in [0.717, 1.165) is 0 Å². The number of benzene rings is 1. The highest BCUT2D eigenvalue weighted by Gasteiger charge is 2.24. The first-order valence-electron chi connectivity index (χ1n) is 6.84. The van der Waals surface area contributed by atoms with E-state index in [9.17, 15) is 4.39 Å². The van der Waals surface area contributed by atoms with Crippen LogP contribution in [0.4, 0.5) is 4.39 Å². The largest absolute Gasteiger partial charge is 0.496 e. The minimum absolute atomic E-state index is 0.329. The van der Waals surface area contributed by atoms with Crippen LogP contribution >= 0.6 is 0 Å². The second-order valence-electron chi connectivity index (χ2n) is 4.58. The molecular weight excluding hydrogens is 273 g/mol. The van der Waals surface area contributed by atoms with Crippen molar-refractivity contribution < 1.29 is 18.3 Å². The molecule has 0 spiro atoms. The Kier molecular flexibility index (Phi) is 5.36. The molecule has 4 nitrogen and oxygen atoms in total. The topological polar surface area (TPSA) is 43.6 Å². The summed E-state index contributed by atoms with van der Waals surface area (Å²) in [6.45, 7) is 3.01. The fourth-order valence-electron chi connectivity index (χ4n) is 2.29. The summed E-state index contributed by atoms with van der Waals surface area (Å²) in [6.07, 6.45) is 0. The van der Waals surface area contributed by atoms with Crippen LogP contribution in [0, 0.1) is 5.82 Å². The lowest BCUT2D eigenvalue weighted by Crippen LogP contribution is -2.23. The summed E-state index contributed by atoms with van der Waals surface area (Å²) in [4.78, 5) is 0. The maximum absolute atomic E-state index is 14.3. The van der Waals surface area contributed by atoms with Crippen molar-refractivity contribution in [3.63, 3.8) is 0 Å². The number of halogens is 1. The molecule has 2 rings (SSSR count). The minimum atomic E-state index is -0.406. The van der Waals surface area contributed by atoms with Gasteiger partial charge in [-0.25, -0.2) is 4.39 Å². The SMILES string of the molecule is CCNC(c1ccc(COC)o1)c1c(F)cccc1OC. The van der Waals surface area contributed by atoms with Crippen molar-refractivity contribution in [3.05, 3.63) is 53.2 Å². The zero-order valence-corrected chi connectivity index (χ0v) is 12.5. The fourth-order valence-corrected chi connectivity index (χ4v) is 2.29. The molecule has 0 saturated heterocycles.